The zero-order valence-corrected chi connectivity index (χ0v) is 12.6. The van der Waals surface area contributed by atoms with Crippen molar-refractivity contribution in [2.24, 2.45) is 0 Å². The average Bonchev–Trinajstić information content (AvgIpc) is 3.00. The van der Waals surface area contributed by atoms with Crippen molar-refractivity contribution >= 4 is 0 Å². The molecule has 0 bridgehead atoms. The lowest BCUT2D eigenvalue weighted by Crippen LogP contribution is -2.28. The third kappa shape index (κ3) is 3.88. The van der Waals surface area contributed by atoms with E-state index < -0.39 is 0 Å². The van der Waals surface area contributed by atoms with Gasteiger partial charge in [-0.2, -0.15) is 0 Å². The van der Waals surface area contributed by atoms with Crippen molar-refractivity contribution in [3.63, 3.8) is 0 Å². The van der Waals surface area contributed by atoms with Gasteiger partial charge in [0.05, 0.1) is 12.8 Å². The van der Waals surface area contributed by atoms with Crippen LogP contribution in [0.2, 0.25) is 0 Å². The van der Waals surface area contributed by atoms with Crippen LogP contribution in [0.5, 0.6) is 5.75 Å². The predicted molar refractivity (Wildman–Crippen MR) is 83.6 cm³/mol. The van der Waals surface area contributed by atoms with E-state index in [2.05, 4.69) is 30.4 Å². The van der Waals surface area contributed by atoms with Gasteiger partial charge >= 0.3 is 0 Å². The SMILES string of the molecule is CC(CNCc1ccco1)Oc1ccc2c(c1)CCCC2. The first kappa shape index (κ1) is 14.2. The highest BCUT2D eigenvalue weighted by Gasteiger charge is 2.11. The molecule has 112 valence electrons. The molecule has 1 N–H and O–H groups in total. The lowest BCUT2D eigenvalue weighted by Gasteiger charge is -2.19. The zero-order chi connectivity index (χ0) is 14.5. The lowest BCUT2D eigenvalue weighted by molar-refractivity contribution is 0.215. The maximum absolute atomic E-state index is 6.01. The first-order valence-electron chi connectivity index (χ1n) is 7.83. The van der Waals surface area contributed by atoms with Crippen molar-refractivity contribution in [1.82, 2.24) is 5.32 Å². The van der Waals surface area contributed by atoms with Gasteiger partial charge in [0.25, 0.3) is 0 Å². The van der Waals surface area contributed by atoms with Crippen LogP contribution >= 0.6 is 0 Å². The number of aryl methyl sites for hydroxylation is 2. The van der Waals surface area contributed by atoms with E-state index in [4.69, 9.17) is 9.15 Å². The van der Waals surface area contributed by atoms with Crippen molar-refractivity contribution in [1.29, 1.82) is 0 Å². The highest BCUT2D eigenvalue weighted by atomic mass is 16.5. The molecule has 0 saturated carbocycles. The number of fused-ring (bicyclic) bond motifs is 1. The van der Waals surface area contributed by atoms with Crippen LogP contribution in [0.3, 0.4) is 0 Å². The molecule has 3 heteroatoms. The van der Waals surface area contributed by atoms with E-state index in [0.29, 0.717) is 0 Å². The molecule has 0 aliphatic heterocycles. The van der Waals surface area contributed by atoms with E-state index in [0.717, 1.165) is 24.6 Å². The predicted octanol–water partition coefficient (Wildman–Crippen LogP) is 3.72. The number of hydrogen-bond donors (Lipinski definition) is 1. The number of nitrogens with one attached hydrogen (secondary N) is 1. The molecule has 3 rings (SSSR count). The molecule has 21 heavy (non-hydrogen) atoms. The summed E-state index contributed by atoms with van der Waals surface area (Å²) in [5.41, 5.74) is 2.96. The fourth-order valence-electron chi connectivity index (χ4n) is 2.87. The molecule has 1 heterocycles. The summed E-state index contributed by atoms with van der Waals surface area (Å²) in [5.74, 6) is 1.94. The Morgan fingerprint density at radius 2 is 2.05 bits per heavy atom. The van der Waals surface area contributed by atoms with Gasteiger partial charge in [-0.25, -0.2) is 0 Å². The van der Waals surface area contributed by atoms with Crippen LogP contribution in [-0.2, 0) is 19.4 Å². The normalized spacial score (nSPS) is 15.5. The molecule has 2 aromatic rings. The van der Waals surface area contributed by atoms with Gasteiger partial charge in [0.1, 0.15) is 17.6 Å². The first-order chi connectivity index (χ1) is 10.3. The third-order valence-corrected chi connectivity index (χ3v) is 3.97. The van der Waals surface area contributed by atoms with Gasteiger partial charge < -0.3 is 14.5 Å². The third-order valence-electron chi connectivity index (χ3n) is 3.97. The minimum absolute atomic E-state index is 0.140. The highest BCUT2D eigenvalue weighted by Crippen LogP contribution is 2.25. The van der Waals surface area contributed by atoms with Crippen LogP contribution in [0.25, 0.3) is 0 Å². The second-order valence-corrected chi connectivity index (χ2v) is 5.78. The monoisotopic (exact) mass is 285 g/mol. The van der Waals surface area contributed by atoms with Gasteiger partial charge in [0, 0.05) is 6.54 Å². The summed E-state index contributed by atoms with van der Waals surface area (Å²) in [4.78, 5) is 0. The van der Waals surface area contributed by atoms with Gasteiger partial charge in [0.2, 0.25) is 0 Å². The second kappa shape index (κ2) is 6.81. The van der Waals surface area contributed by atoms with Gasteiger partial charge in [-0.05, 0) is 68.0 Å². The molecule has 0 saturated heterocycles. The van der Waals surface area contributed by atoms with Crippen LogP contribution in [0.15, 0.2) is 41.0 Å². The Morgan fingerprint density at radius 3 is 2.86 bits per heavy atom. The fraction of sp³-hybridized carbons (Fsp3) is 0.444. The highest BCUT2D eigenvalue weighted by molar-refractivity contribution is 5.37. The molecule has 3 nitrogen and oxygen atoms in total. The lowest BCUT2D eigenvalue weighted by atomic mass is 9.92. The van der Waals surface area contributed by atoms with Crippen LogP contribution in [0, 0.1) is 0 Å². The molecule has 0 amide bonds. The summed E-state index contributed by atoms with van der Waals surface area (Å²) >= 11 is 0. The van der Waals surface area contributed by atoms with E-state index in [9.17, 15) is 0 Å². The Bertz CT molecular complexity index is 563. The fourth-order valence-corrected chi connectivity index (χ4v) is 2.87. The minimum atomic E-state index is 0.140. The molecule has 0 radical (unpaired) electrons. The van der Waals surface area contributed by atoms with Crippen molar-refractivity contribution < 1.29 is 9.15 Å². The molecule has 1 atom stereocenters. The Kier molecular flexibility index (Phi) is 4.61. The average molecular weight is 285 g/mol. The van der Waals surface area contributed by atoms with Crippen molar-refractivity contribution in [3.8, 4) is 5.75 Å². The maximum Gasteiger partial charge on any atom is 0.120 e. The van der Waals surface area contributed by atoms with Crippen molar-refractivity contribution in [2.75, 3.05) is 6.54 Å². The topological polar surface area (TPSA) is 34.4 Å². The van der Waals surface area contributed by atoms with Gasteiger partial charge in [-0.15, -0.1) is 0 Å². The Morgan fingerprint density at radius 1 is 1.19 bits per heavy atom. The number of ether oxygens (including phenoxy) is 1. The van der Waals surface area contributed by atoms with Crippen molar-refractivity contribution in [3.05, 3.63) is 53.5 Å². The van der Waals surface area contributed by atoms with Crippen LogP contribution in [-0.4, -0.2) is 12.6 Å². The molecule has 1 aromatic heterocycles. The van der Waals surface area contributed by atoms with Crippen molar-refractivity contribution in [2.45, 2.75) is 45.3 Å². The first-order valence-corrected chi connectivity index (χ1v) is 7.83. The summed E-state index contributed by atoms with van der Waals surface area (Å²) < 4.78 is 11.3. The summed E-state index contributed by atoms with van der Waals surface area (Å²) in [7, 11) is 0. The van der Waals surface area contributed by atoms with Gasteiger partial charge in [-0.3, -0.25) is 0 Å². The molecular formula is C18H23NO2. The zero-order valence-electron chi connectivity index (χ0n) is 12.6. The smallest absolute Gasteiger partial charge is 0.120 e. The molecule has 0 fully saturated rings. The van der Waals surface area contributed by atoms with Crippen LogP contribution in [0.1, 0.15) is 36.7 Å². The van der Waals surface area contributed by atoms with E-state index in [1.54, 1.807) is 6.26 Å². The van der Waals surface area contributed by atoms with E-state index in [1.165, 1.54) is 36.8 Å². The van der Waals surface area contributed by atoms with Crippen LogP contribution in [0.4, 0.5) is 0 Å². The molecular weight excluding hydrogens is 262 g/mol. The van der Waals surface area contributed by atoms with E-state index in [1.807, 2.05) is 12.1 Å². The Hall–Kier alpha value is -1.74. The molecule has 1 unspecified atom stereocenters. The maximum atomic E-state index is 6.01. The summed E-state index contributed by atoms with van der Waals surface area (Å²) in [6, 6.07) is 10.4. The number of hydrogen-bond acceptors (Lipinski definition) is 3. The van der Waals surface area contributed by atoms with Gasteiger partial charge in [-0.1, -0.05) is 6.07 Å². The Labute approximate surface area is 126 Å². The summed E-state index contributed by atoms with van der Waals surface area (Å²) in [6.45, 7) is 3.64. The number of furan rings is 1. The van der Waals surface area contributed by atoms with E-state index >= 15 is 0 Å². The largest absolute Gasteiger partial charge is 0.489 e. The summed E-state index contributed by atoms with van der Waals surface area (Å²) in [5, 5.41) is 3.35. The standard InChI is InChI=1S/C18H23NO2/c1-14(12-19-13-18-7-4-10-20-18)21-17-9-8-15-5-2-3-6-16(15)11-17/h4,7-11,14,19H,2-3,5-6,12-13H2,1H3. The van der Waals surface area contributed by atoms with Gasteiger partial charge in [0.15, 0.2) is 0 Å². The quantitative estimate of drug-likeness (QED) is 0.878. The second-order valence-electron chi connectivity index (χ2n) is 5.78. The minimum Gasteiger partial charge on any atom is -0.489 e. The summed E-state index contributed by atoms with van der Waals surface area (Å²) in [6.07, 6.45) is 6.87. The van der Waals surface area contributed by atoms with Crippen LogP contribution < -0.4 is 10.1 Å². The number of benzene rings is 1. The molecule has 0 spiro atoms. The number of rotatable bonds is 6. The molecule has 1 aromatic carbocycles. The Balaban J connectivity index is 1.49. The van der Waals surface area contributed by atoms with E-state index in [-0.39, 0.29) is 6.10 Å². The molecule has 1 aliphatic carbocycles. The molecule has 1 aliphatic rings.